The van der Waals surface area contributed by atoms with Crippen LogP contribution >= 0.6 is 11.6 Å². The second kappa shape index (κ2) is 7.91. The van der Waals surface area contributed by atoms with E-state index in [4.69, 9.17) is 11.6 Å². The monoisotopic (exact) mass is 279 g/mol. The molecule has 0 saturated heterocycles. The molecule has 0 radical (unpaired) electrons. The summed E-state index contributed by atoms with van der Waals surface area (Å²) in [6.07, 6.45) is 9.72. The maximum absolute atomic E-state index is 6.08. The average molecular weight is 280 g/mol. The highest BCUT2D eigenvalue weighted by molar-refractivity contribution is 6.30. The van der Waals surface area contributed by atoms with Crippen molar-refractivity contribution in [2.75, 3.05) is 13.6 Å². The number of benzene rings is 1. The lowest BCUT2D eigenvalue weighted by Gasteiger charge is -2.26. The molecule has 2 rings (SSSR count). The van der Waals surface area contributed by atoms with Crippen LogP contribution < -0.4 is 5.32 Å². The highest BCUT2D eigenvalue weighted by Gasteiger charge is 2.19. The summed E-state index contributed by atoms with van der Waals surface area (Å²) in [4.78, 5) is 0. The summed E-state index contributed by atoms with van der Waals surface area (Å²) >= 11 is 6.08. The Kier molecular flexibility index (Phi) is 6.19. The van der Waals surface area contributed by atoms with Crippen LogP contribution in [0.5, 0.6) is 0 Å². The van der Waals surface area contributed by atoms with Gasteiger partial charge in [-0.3, -0.25) is 0 Å². The molecule has 0 aromatic heterocycles. The highest BCUT2D eigenvalue weighted by Crippen LogP contribution is 2.30. The Morgan fingerprint density at radius 2 is 2.05 bits per heavy atom. The zero-order valence-corrected chi connectivity index (χ0v) is 12.8. The van der Waals surface area contributed by atoms with E-state index in [0.717, 1.165) is 29.8 Å². The molecule has 1 atom stereocenters. The predicted molar refractivity (Wildman–Crippen MR) is 83.8 cm³/mol. The molecule has 0 amide bonds. The fourth-order valence-electron chi connectivity index (χ4n) is 3.42. The molecule has 0 spiro atoms. The van der Waals surface area contributed by atoms with Gasteiger partial charge in [-0.1, -0.05) is 55.8 Å². The quantitative estimate of drug-likeness (QED) is 0.797. The van der Waals surface area contributed by atoms with Crippen molar-refractivity contribution in [2.24, 2.45) is 11.8 Å². The van der Waals surface area contributed by atoms with Crippen molar-refractivity contribution in [1.82, 2.24) is 5.32 Å². The van der Waals surface area contributed by atoms with Crippen LogP contribution in [0.4, 0.5) is 0 Å². The van der Waals surface area contributed by atoms with Crippen LogP contribution in [0.25, 0.3) is 0 Å². The molecule has 19 heavy (non-hydrogen) atoms. The fourth-order valence-corrected chi connectivity index (χ4v) is 3.63. The van der Waals surface area contributed by atoms with Crippen LogP contribution in [-0.2, 0) is 6.42 Å². The summed E-state index contributed by atoms with van der Waals surface area (Å²) in [5.74, 6) is 1.69. The molecule has 0 bridgehead atoms. The van der Waals surface area contributed by atoms with Crippen LogP contribution in [-0.4, -0.2) is 13.6 Å². The molecule has 2 heteroatoms. The van der Waals surface area contributed by atoms with Gasteiger partial charge in [-0.05, 0) is 56.0 Å². The van der Waals surface area contributed by atoms with Crippen molar-refractivity contribution in [2.45, 2.75) is 44.9 Å². The SMILES string of the molecule is CNCC(Cc1cccc(Cl)c1)CC1CCCCC1. The molecule has 1 saturated carbocycles. The summed E-state index contributed by atoms with van der Waals surface area (Å²) in [7, 11) is 2.06. The number of hydrogen-bond donors (Lipinski definition) is 1. The normalized spacial score (nSPS) is 18.4. The molecule has 1 fully saturated rings. The Balaban J connectivity index is 1.91. The first kappa shape index (κ1) is 14.9. The van der Waals surface area contributed by atoms with Gasteiger partial charge in [0.25, 0.3) is 0 Å². The van der Waals surface area contributed by atoms with Gasteiger partial charge in [0.2, 0.25) is 0 Å². The third-order valence-electron chi connectivity index (χ3n) is 4.30. The molecule has 1 aliphatic rings. The summed E-state index contributed by atoms with van der Waals surface area (Å²) in [6.45, 7) is 1.11. The first-order chi connectivity index (χ1) is 9.28. The minimum atomic E-state index is 0.742. The topological polar surface area (TPSA) is 12.0 Å². The van der Waals surface area contributed by atoms with Gasteiger partial charge in [0.15, 0.2) is 0 Å². The van der Waals surface area contributed by atoms with Crippen molar-refractivity contribution in [3.8, 4) is 0 Å². The smallest absolute Gasteiger partial charge is 0.0408 e. The first-order valence-electron chi connectivity index (χ1n) is 7.67. The van der Waals surface area contributed by atoms with Crippen LogP contribution in [0.2, 0.25) is 5.02 Å². The Hall–Kier alpha value is -0.530. The highest BCUT2D eigenvalue weighted by atomic mass is 35.5. The van der Waals surface area contributed by atoms with Crippen LogP contribution in [0.15, 0.2) is 24.3 Å². The minimum Gasteiger partial charge on any atom is -0.319 e. The lowest BCUT2D eigenvalue weighted by Crippen LogP contribution is -2.24. The number of halogens is 1. The van der Waals surface area contributed by atoms with Crippen molar-refractivity contribution in [3.05, 3.63) is 34.9 Å². The van der Waals surface area contributed by atoms with Gasteiger partial charge in [0, 0.05) is 5.02 Å². The predicted octanol–water partition coefficient (Wildman–Crippen LogP) is 4.69. The van der Waals surface area contributed by atoms with Crippen molar-refractivity contribution in [1.29, 1.82) is 0 Å². The maximum atomic E-state index is 6.08. The summed E-state index contributed by atoms with van der Waals surface area (Å²) in [6, 6.07) is 8.34. The Bertz CT molecular complexity index is 371. The summed E-state index contributed by atoms with van der Waals surface area (Å²) in [5.41, 5.74) is 1.38. The number of nitrogens with one attached hydrogen (secondary N) is 1. The van der Waals surface area contributed by atoms with Crippen LogP contribution in [0, 0.1) is 11.8 Å². The standard InChI is InChI=1S/C17H26ClN/c1-19-13-16(10-14-6-3-2-4-7-14)11-15-8-5-9-17(18)12-15/h5,8-9,12,14,16,19H,2-4,6-7,10-11,13H2,1H3. The third kappa shape index (κ3) is 5.16. The number of hydrogen-bond acceptors (Lipinski definition) is 1. The van der Waals surface area contributed by atoms with Gasteiger partial charge in [0.1, 0.15) is 0 Å². The van der Waals surface area contributed by atoms with Gasteiger partial charge in [-0.2, -0.15) is 0 Å². The molecule has 1 N–H and O–H groups in total. The van der Waals surface area contributed by atoms with E-state index < -0.39 is 0 Å². The molecular weight excluding hydrogens is 254 g/mol. The number of rotatable bonds is 6. The second-order valence-electron chi connectivity index (χ2n) is 6.00. The molecular formula is C17H26ClN. The second-order valence-corrected chi connectivity index (χ2v) is 6.43. The van der Waals surface area contributed by atoms with E-state index in [9.17, 15) is 0 Å². The van der Waals surface area contributed by atoms with E-state index in [2.05, 4.69) is 30.6 Å². The lowest BCUT2D eigenvalue weighted by atomic mass is 9.81. The Labute approximate surface area is 122 Å². The third-order valence-corrected chi connectivity index (χ3v) is 4.53. The van der Waals surface area contributed by atoms with E-state index >= 15 is 0 Å². The van der Waals surface area contributed by atoms with Gasteiger partial charge in [-0.25, -0.2) is 0 Å². The first-order valence-corrected chi connectivity index (χ1v) is 8.04. The minimum absolute atomic E-state index is 0.742. The van der Waals surface area contributed by atoms with Crippen molar-refractivity contribution < 1.29 is 0 Å². The molecule has 1 unspecified atom stereocenters. The van der Waals surface area contributed by atoms with E-state index in [-0.39, 0.29) is 0 Å². The van der Waals surface area contributed by atoms with Gasteiger partial charge >= 0.3 is 0 Å². The summed E-state index contributed by atoms with van der Waals surface area (Å²) in [5, 5.41) is 4.22. The molecule has 1 aromatic carbocycles. The molecule has 0 heterocycles. The van der Waals surface area contributed by atoms with Gasteiger partial charge in [-0.15, -0.1) is 0 Å². The Morgan fingerprint density at radius 1 is 1.26 bits per heavy atom. The van der Waals surface area contributed by atoms with Gasteiger partial charge < -0.3 is 5.32 Å². The largest absolute Gasteiger partial charge is 0.319 e. The fraction of sp³-hybridized carbons (Fsp3) is 0.647. The molecule has 106 valence electrons. The van der Waals surface area contributed by atoms with E-state index in [1.807, 2.05) is 6.07 Å². The maximum Gasteiger partial charge on any atom is 0.0408 e. The molecule has 1 aliphatic carbocycles. The zero-order chi connectivity index (χ0) is 13.5. The van der Waals surface area contributed by atoms with E-state index in [1.165, 1.54) is 44.1 Å². The molecule has 0 aliphatic heterocycles. The zero-order valence-electron chi connectivity index (χ0n) is 12.0. The summed E-state index contributed by atoms with van der Waals surface area (Å²) < 4.78 is 0. The Morgan fingerprint density at radius 3 is 2.74 bits per heavy atom. The van der Waals surface area contributed by atoms with Crippen molar-refractivity contribution in [3.63, 3.8) is 0 Å². The van der Waals surface area contributed by atoms with Crippen molar-refractivity contribution >= 4 is 11.6 Å². The average Bonchev–Trinajstić information content (AvgIpc) is 2.40. The van der Waals surface area contributed by atoms with E-state index in [1.54, 1.807) is 0 Å². The lowest BCUT2D eigenvalue weighted by molar-refractivity contribution is 0.283. The molecule has 1 nitrogen and oxygen atoms in total. The molecule has 1 aromatic rings. The van der Waals surface area contributed by atoms with Crippen LogP contribution in [0.1, 0.15) is 44.1 Å². The van der Waals surface area contributed by atoms with E-state index in [0.29, 0.717) is 0 Å². The van der Waals surface area contributed by atoms with Gasteiger partial charge in [0.05, 0.1) is 0 Å². The van der Waals surface area contributed by atoms with Crippen LogP contribution in [0.3, 0.4) is 0 Å².